The fraction of sp³-hybridized carbons (Fsp3) is 0.636. The summed E-state index contributed by atoms with van der Waals surface area (Å²) in [5.74, 6) is 1.04. The smallest absolute Gasteiger partial charge is 0.242 e. The first-order chi connectivity index (χ1) is 8.31. The Bertz CT molecular complexity index is 366. The molecule has 94 valence electrons. The normalized spacial score (nSPS) is 19.2. The molecule has 17 heavy (non-hydrogen) atoms. The van der Waals surface area contributed by atoms with Crippen molar-refractivity contribution in [2.45, 2.75) is 25.9 Å². The van der Waals surface area contributed by atoms with Crippen LogP contribution in [-0.4, -0.2) is 35.8 Å². The zero-order valence-corrected chi connectivity index (χ0v) is 9.98. The van der Waals surface area contributed by atoms with Gasteiger partial charge in [0.2, 0.25) is 5.88 Å². The number of ether oxygens (including phenoxy) is 2. The quantitative estimate of drug-likeness (QED) is 0.797. The SMILES string of the molecule is CCOc1ncnc(NCC2CCCO2)c1N. The molecule has 0 radical (unpaired) electrons. The molecule has 0 saturated carbocycles. The lowest BCUT2D eigenvalue weighted by Crippen LogP contribution is -2.20. The highest BCUT2D eigenvalue weighted by Gasteiger charge is 2.16. The zero-order chi connectivity index (χ0) is 12.1. The first-order valence-corrected chi connectivity index (χ1v) is 5.90. The van der Waals surface area contributed by atoms with Gasteiger partial charge in [-0.3, -0.25) is 0 Å². The Balaban J connectivity index is 1.97. The molecule has 6 nitrogen and oxygen atoms in total. The van der Waals surface area contributed by atoms with Gasteiger partial charge in [0.1, 0.15) is 12.0 Å². The molecule has 1 saturated heterocycles. The number of nitrogen functional groups attached to an aromatic ring is 1. The van der Waals surface area contributed by atoms with E-state index in [1.807, 2.05) is 6.92 Å². The van der Waals surface area contributed by atoms with Crippen LogP contribution >= 0.6 is 0 Å². The minimum atomic E-state index is 0.250. The van der Waals surface area contributed by atoms with Crippen molar-refractivity contribution >= 4 is 11.5 Å². The van der Waals surface area contributed by atoms with Crippen molar-refractivity contribution in [3.8, 4) is 5.88 Å². The van der Waals surface area contributed by atoms with E-state index in [1.165, 1.54) is 6.33 Å². The number of nitrogens with two attached hydrogens (primary N) is 1. The molecule has 0 aromatic carbocycles. The van der Waals surface area contributed by atoms with Gasteiger partial charge >= 0.3 is 0 Å². The van der Waals surface area contributed by atoms with Crippen molar-refractivity contribution in [1.29, 1.82) is 0 Å². The van der Waals surface area contributed by atoms with E-state index in [4.69, 9.17) is 15.2 Å². The van der Waals surface area contributed by atoms with E-state index in [-0.39, 0.29) is 6.10 Å². The van der Waals surface area contributed by atoms with Gasteiger partial charge in [0.25, 0.3) is 0 Å². The summed E-state index contributed by atoms with van der Waals surface area (Å²) >= 11 is 0. The average Bonchev–Trinajstić information content (AvgIpc) is 2.83. The minimum Gasteiger partial charge on any atom is -0.476 e. The van der Waals surface area contributed by atoms with Crippen LogP contribution in [0.3, 0.4) is 0 Å². The molecule has 1 atom stereocenters. The van der Waals surface area contributed by atoms with Gasteiger partial charge in [-0.15, -0.1) is 0 Å². The van der Waals surface area contributed by atoms with Crippen molar-refractivity contribution in [2.75, 3.05) is 30.8 Å². The fourth-order valence-electron chi connectivity index (χ4n) is 1.79. The van der Waals surface area contributed by atoms with Gasteiger partial charge in [-0.2, -0.15) is 4.98 Å². The Hall–Kier alpha value is -1.56. The molecular formula is C11H18N4O2. The zero-order valence-electron chi connectivity index (χ0n) is 9.98. The third-order valence-electron chi connectivity index (χ3n) is 2.65. The molecular weight excluding hydrogens is 220 g/mol. The first-order valence-electron chi connectivity index (χ1n) is 5.90. The van der Waals surface area contributed by atoms with Gasteiger partial charge in [-0.05, 0) is 19.8 Å². The van der Waals surface area contributed by atoms with Crippen molar-refractivity contribution in [2.24, 2.45) is 0 Å². The number of rotatable bonds is 5. The average molecular weight is 238 g/mol. The monoisotopic (exact) mass is 238 g/mol. The summed E-state index contributed by atoms with van der Waals surface area (Å²) in [6.07, 6.45) is 3.89. The molecule has 0 bridgehead atoms. The fourth-order valence-corrected chi connectivity index (χ4v) is 1.79. The lowest BCUT2D eigenvalue weighted by atomic mass is 10.2. The van der Waals surface area contributed by atoms with Crippen LogP contribution < -0.4 is 15.8 Å². The third kappa shape index (κ3) is 2.97. The van der Waals surface area contributed by atoms with E-state index in [0.717, 1.165) is 19.4 Å². The Morgan fingerprint density at radius 1 is 1.59 bits per heavy atom. The largest absolute Gasteiger partial charge is 0.476 e. The Morgan fingerprint density at radius 2 is 2.47 bits per heavy atom. The summed E-state index contributed by atoms with van der Waals surface area (Å²) < 4.78 is 10.8. The first kappa shape index (κ1) is 11.9. The topological polar surface area (TPSA) is 82.3 Å². The van der Waals surface area contributed by atoms with Crippen LogP contribution in [0.15, 0.2) is 6.33 Å². The third-order valence-corrected chi connectivity index (χ3v) is 2.65. The minimum absolute atomic E-state index is 0.250. The summed E-state index contributed by atoms with van der Waals surface area (Å²) in [6.45, 7) is 3.98. The van der Waals surface area contributed by atoms with Crippen molar-refractivity contribution in [1.82, 2.24) is 9.97 Å². The standard InChI is InChI=1S/C11H18N4O2/c1-2-16-11-9(12)10(14-7-15-11)13-6-8-4-3-5-17-8/h7-8H,2-6,12H2,1H3,(H,13,14,15). The molecule has 0 aliphatic carbocycles. The molecule has 1 unspecified atom stereocenters. The van der Waals surface area contributed by atoms with Gasteiger partial charge in [0, 0.05) is 13.2 Å². The van der Waals surface area contributed by atoms with Gasteiger partial charge < -0.3 is 20.5 Å². The van der Waals surface area contributed by atoms with Crippen molar-refractivity contribution in [3.63, 3.8) is 0 Å². The lowest BCUT2D eigenvalue weighted by molar-refractivity contribution is 0.120. The number of nitrogens with one attached hydrogen (secondary N) is 1. The van der Waals surface area contributed by atoms with Gasteiger partial charge in [0.15, 0.2) is 5.82 Å². The number of nitrogens with zero attached hydrogens (tertiary/aromatic N) is 2. The van der Waals surface area contributed by atoms with Crippen LogP contribution in [0.25, 0.3) is 0 Å². The number of aromatic nitrogens is 2. The second-order valence-electron chi connectivity index (χ2n) is 3.89. The van der Waals surface area contributed by atoms with Crippen molar-refractivity contribution < 1.29 is 9.47 Å². The molecule has 0 spiro atoms. The summed E-state index contributed by atoms with van der Waals surface area (Å²) in [7, 11) is 0. The molecule has 1 aliphatic heterocycles. The molecule has 3 N–H and O–H groups in total. The van der Waals surface area contributed by atoms with Crippen LogP contribution in [0.5, 0.6) is 5.88 Å². The maximum Gasteiger partial charge on any atom is 0.242 e. The highest BCUT2D eigenvalue weighted by molar-refractivity contribution is 5.66. The lowest BCUT2D eigenvalue weighted by Gasteiger charge is -2.13. The molecule has 1 fully saturated rings. The molecule has 2 rings (SSSR count). The summed E-state index contributed by atoms with van der Waals surface area (Å²) in [4.78, 5) is 8.08. The van der Waals surface area contributed by atoms with Crippen LogP contribution in [-0.2, 0) is 4.74 Å². The van der Waals surface area contributed by atoms with E-state index < -0.39 is 0 Å². The molecule has 1 aliphatic rings. The Labute approximate surface area is 101 Å². The highest BCUT2D eigenvalue weighted by Crippen LogP contribution is 2.24. The van der Waals surface area contributed by atoms with Crippen molar-refractivity contribution in [3.05, 3.63) is 6.33 Å². The van der Waals surface area contributed by atoms with E-state index in [1.54, 1.807) is 0 Å². The molecule has 2 heterocycles. The predicted octanol–water partition coefficient (Wildman–Crippen LogP) is 1.05. The summed E-state index contributed by atoms with van der Waals surface area (Å²) in [6, 6.07) is 0. The molecule has 6 heteroatoms. The predicted molar refractivity (Wildman–Crippen MR) is 65.1 cm³/mol. The van der Waals surface area contributed by atoms with Crippen LogP contribution in [0.1, 0.15) is 19.8 Å². The van der Waals surface area contributed by atoms with Crippen LogP contribution in [0.2, 0.25) is 0 Å². The number of hydrogen-bond donors (Lipinski definition) is 2. The maximum atomic E-state index is 5.90. The molecule has 0 amide bonds. The number of anilines is 2. The Morgan fingerprint density at radius 3 is 3.18 bits per heavy atom. The second kappa shape index (κ2) is 5.67. The van der Waals surface area contributed by atoms with E-state index >= 15 is 0 Å². The maximum absolute atomic E-state index is 5.90. The van der Waals surface area contributed by atoms with Gasteiger partial charge in [-0.1, -0.05) is 0 Å². The van der Waals surface area contributed by atoms with Gasteiger partial charge in [0.05, 0.1) is 12.7 Å². The highest BCUT2D eigenvalue weighted by atomic mass is 16.5. The Kier molecular flexibility index (Phi) is 3.98. The van der Waals surface area contributed by atoms with Crippen LogP contribution in [0.4, 0.5) is 11.5 Å². The second-order valence-corrected chi connectivity index (χ2v) is 3.89. The van der Waals surface area contributed by atoms with Crippen LogP contribution in [0, 0.1) is 0 Å². The van der Waals surface area contributed by atoms with E-state index in [2.05, 4.69) is 15.3 Å². The number of hydrogen-bond acceptors (Lipinski definition) is 6. The summed E-state index contributed by atoms with van der Waals surface area (Å²) in [5, 5.41) is 3.17. The molecule has 1 aromatic rings. The van der Waals surface area contributed by atoms with Gasteiger partial charge in [-0.25, -0.2) is 4.98 Å². The van der Waals surface area contributed by atoms with E-state index in [0.29, 0.717) is 30.5 Å². The molecule has 1 aromatic heterocycles. The summed E-state index contributed by atoms with van der Waals surface area (Å²) in [5.41, 5.74) is 6.35. The van der Waals surface area contributed by atoms with E-state index in [9.17, 15) is 0 Å².